The van der Waals surface area contributed by atoms with E-state index in [9.17, 15) is 0 Å². The molecular formula is C43H32N8OP2. The molecule has 1 aliphatic rings. The molecule has 4 aromatic heterocycles. The van der Waals surface area contributed by atoms with E-state index in [0.717, 1.165) is 76.8 Å². The monoisotopic (exact) mass is 738 g/mol. The zero-order valence-electron chi connectivity index (χ0n) is 29.4. The topological polar surface area (TPSA) is 80.5 Å². The van der Waals surface area contributed by atoms with Gasteiger partial charge < -0.3 is 4.74 Å². The molecule has 5 heterocycles. The van der Waals surface area contributed by atoms with Crippen LogP contribution >= 0.6 is 16.4 Å². The molecule has 260 valence electrons. The lowest BCUT2D eigenvalue weighted by molar-refractivity contribution is 0.424. The lowest BCUT2D eigenvalue weighted by Crippen LogP contribution is -2.31. The van der Waals surface area contributed by atoms with E-state index in [2.05, 4.69) is 165 Å². The van der Waals surface area contributed by atoms with Crippen molar-refractivity contribution in [2.24, 2.45) is 0 Å². The summed E-state index contributed by atoms with van der Waals surface area (Å²) < 4.78 is 16.0. The molecule has 11 rings (SSSR count). The van der Waals surface area contributed by atoms with Gasteiger partial charge >= 0.3 is 0 Å². The summed E-state index contributed by atoms with van der Waals surface area (Å²) in [5.41, 5.74) is 5.97. The predicted molar refractivity (Wildman–Crippen MR) is 219 cm³/mol. The van der Waals surface area contributed by atoms with Gasteiger partial charge in [0.2, 0.25) is 0 Å². The number of ether oxygens (including phenoxy) is 1. The Bertz CT molecular complexity index is 2710. The summed E-state index contributed by atoms with van der Waals surface area (Å²) in [4.78, 5) is 0. The van der Waals surface area contributed by atoms with Crippen LogP contribution in [0.3, 0.4) is 0 Å². The average molecular weight is 739 g/mol. The van der Waals surface area contributed by atoms with Crippen LogP contribution < -0.4 is 15.3 Å². The summed E-state index contributed by atoms with van der Waals surface area (Å²) in [5.74, 6) is 1.66. The van der Waals surface area contributed by atoms with Gasteiger partial charge in [-0.15, -0.1) is 0 Å². The van der Waals surface area contributed by atoms with Crippen molar-refractivity contribution in [3.8, 4) is 11.5 Å². The second kappa shape index (κ2) is 11.9. The van der Waals surface area contributed by atoms with Crippen LogP contribution in [0.2, 0.25) is 0 Å². The normalized spacial score (nSPS) is 13.6. The van der Waals surface area contributed by atoms with Crippen molar-refractivity contribution in [1.82, 2.24) is 38.2 Å². The zero-order chi connectivity index (χ0) is 36.0. The Hall–Kier alpha value is -6.14. The summed E-state index contributed by atoms with van der Waals surface area (Å²) >= 11 is 0. The molecule has 0 fully saturated rings. The maximum atomic E-state index is 7.45. The standard InChI is InChI=1S/C43H32N8OP2/c1-43(2)33-17-11-23-39(53(48-35-19-7-3-13-29(35)25-44-48)49-36-20-8-4-14-30(36)26-45-49)41(33)52-42-34(43)18-12-24-40(42)54(50-37-21-9-5-15-31(37)27-46-50)51-38-22-10-6-16-32(38)28-47-51/h3-28H,1-2H3. The van der Waals surface area contributed by atoms with Gasteiger partial charge in [-0.25, -0.2) is 17.8 Å². The third-order valence-corrected chi connectivity index (χ3v) is 14.8. The van der Waals surface area contributed by atoms with E-state index in [1.54, 1.807) is 0 Å². The van der Waals surface area contributed by atoms with Crippen LogP contribution in [-0.4, -0.2) is 38.2 Å². The number of hydrogen-bond donors (Lipinski definition) is 0. The molecule has 0 radical (unpaired) electrons. The van der Waals surface area contributed by atoms with E-state index in [4.69, 9.17) is 25.1 Å². The Morgan fingerprint density at radius 3 is 1.06 bits per heavy atom. The first-order valence-corrected chi connectivity index (χ1v) is 20.3. The Morgan fingerprint density at radius 1 is 0.407 bits per heavy atom. The van der Waals surface area contributed by atoms with Crippen LogP contribution in [0.15, 0.2) is 158 Å². The van der Waals surface area contributed by atoms with Crippen molar-refractivity contribution < 1.29 is 4.74 Å². The van der Waals surface area contributed by atoms with E-state index < -0.39 is 21.9 Å². The third kappa shape index (κ3) is 4.59. The number of para-hydroxylation sites is 6. The van der Waals surface area contributed by atoms with Gasteiger partial charge in [-0.3, -0.25) is 0 Å². The van der Waals surface area contributed by atoms with Gasteiger partial charge in [-0.05, 0) is 36.4 Å². The molecule has 6 aromatic carbocycles. The second-order valence-electron chi connectivity index (χ2n) is 14.0. The molecule has 0 atom stereocenters. The Morgan fingerprint density at radius 2 is 0.722 bits per heavy atom. The largest absolute Gasteiger partial charge is 0.455 e. The van der Waals surface area contributed by atoms with Crippen molar-refractivity contribution in [2.75, 3.05) is 0 Å². The first-order chi connectivity index (χ1) is 26.6. The minimum atomic E-state index is -1.40. The van der Waals surface area contributed by atoms with E-state index in [-0.39, 0.29) is 0 Å². The van der Waals surface area contributed by atoms with Crippen molar-refractivity contribution in [3.63, 3.8) is 0 Å². The molecular weight excluding hydrogens is 706 g/mol. The molecule has 9 nitrogen and oxygen atoms in total. The second-order valence-corrected chi connectivity index (χ2v) is 17.6. The maximum absolute atomic E-state index is 7.45. The number of fused-ring (bicyclic) bond motifs is 6. The van der Waals surface area contributed by atoms with Crippen molar-refractivity contribution >= 4 is 70.7 Å². The number of rotatable bonds is 6. The average Bonchev–Trinajstić information content (AvgIpc) is 4.02. The van der Waals surface area contributed by atoms with E-state index in [0.29, 0.717) is 0 Å². The quantitative estimate of drug-likeness (QED) is 0.159. The number of benzene rings is 6. The highest BCUT2D eigenvalue weighted by molar-refractivity contribution is 7.63. The smallest absolute Gasteiger partial charge is 0.176 e. The van der Waals surface area contributed by atoms with Gasteiger partial charge in [0.15, 0.2) is 16.4 Å². The van der Waals surface area contributed by atoms with Gasteiger partial charge in [-0.2, -0.15) is 20.4 Å². The van der Waals surface area contributed by atoms with Crippen LogP contribution in [-0.2, 0) is 5.41 Å². The minimum absolute atomic E-state index is 0.409. The molecule has 1 aliphatic heterocycles. The summed E-state index contributed by atoms with van der Waals surface area (Å²) in [5, 5.41) is 26.5. The predicted octanol–water partition coefficient (Wildman–Crippen LogP) is 9.58. The Labute approximate surface area is 312 Å². The summed E-state index contributed by atoms with van der Waals surface area (Å²) in [6.45, 7) is 4.59. The van der Waals surface area contributed by atoms with E-state index >= 15 is 0 Å². The van der Waals surface area contributed by atoms with Crippen molar-refractivity contribution in [2.45, 2.75) is 19.3 Å². The highest BCUT2D eigenvalue weighted by atomic mass is 31.1. The van der Waals surface area contributed by atoms with Crippen LogP contribution in [0.1, 0.15) is 25.0 Å². The highest BCUT2D eigenvalue weighted by Gasteiger charge is 2.41. The van der Waals surface area contributed by atoms with E-state index in [1.807, 2.05) is 24.8 Å². The van der Waals surface area contributed by atoms with Gasteiger partial charge in [-0.1, -0.05) is 111 Å². The first-order valence-electron chi connectivity index (χ1n) is 17.8. The van der Waals surface area contributed by atoms with Gasteiger partial charge in [0.1, 0.15) is 11.5 Å². The fourth-order valence-corrected chi connectivity index (χ4v) is 12.2. The zero-order valence-corrected chi connectivity index (χ0v) is 31.2. The van der Waals surface area contributed by atoms with Gasteiger partial charge in [0, 0.05) is 38.1 Å². The third-order valence-electron chi connectivity index (χ3n) is 10.5. The van der Waals surface area contributed by atoms with Gasteiger partial charge in [0.25, 0.3) is 0 Å². The maximum Gasteiger partial charge on any atom is 0.176 e. The summed E-state index contributed by atoms with van der Waals surface area (Å²) in [6, 6.07) is 46.5. The summed E-state index contributed by atoms with van der Waals surface area (Å²) in [7, 11) is -2.81. The molecule has 0 saturated heterocycles. The van der Waals surface area contributed by atoms with Gasteiger partial charge in [0.05, 0.1) is 57.5 Å². The van der Waals surface area contributed by atoms with Crippen LogP contribution in [0, 0.1) is 0 Å². The van der Waals surface area contributed by atoms with E-state index in [1.165, 1.54) is 0 Å². The Kier molecular flexibility index (Phi) is 6.94. The molecule has 11 heteroatoms. The summed E-state index contributed by atoms with van der Waals surface area (Å²) in [6.07, 6.45) is 7.78. The van der Waals surface area contributed by atoms with Crippen LogP contribution in [0.5, 0.6) is 11.5 Å². The van der Waals surface area contributed by atoms with Crippen molar-refractivity contribution in [1.29, 1.82) is 0 Å². The van der Waals surface area contributed by atoms with Crippen LogP contribution in [0.25, 0.3) is 43.6 Å². The molecule has 0 aliphatic carbocycles. The lowest BCUT2D eigenvalue weighted by atomic mass is 9.76. The number of nitrogens with zero attached hydrogens (tertiary/aromatic N) is 8. The fourth-order valence-electron chi connectivity index (χ4n) is 7.81. The highest BCUT2D eigenvalue weighted by Crippen LogP contribution is 2.55. The Balaban J connectivity index is 1.17. The molecule has 0 spiro atoms. The SMILES string of the molecule is CC1(C)c2cccc(P(n3ncc4ccccc43)n3ncc4ccccc43)c2Oc2c(P(n3ncc4ccccc43)n3ncc4ccccc43)cccc21. The van der Waals surface area contributed by atoms with Crippen molar-refractivity contribution in [3.05, 3.63) is 169 Å². The van der Waals surface area contributed by atoms with Crippen LogP contribution in [0.4, 0.5) is 0 Å². The molecule has 0 unspecified atom stereocenters. The number of aromatic nitrogens is 8. The molecule has 0 bridgehead atoms. The molecule has 10 aromatic rings. The number of hydrogen-bond acceptors (Lipinski definition) is 5. The minimum Gasteiger partial charge on any atom is -0.455 e. The molecule has 54 heavy (non-hydrogen) atoms. The molecule has 0 amide bonds. The lowest BCUT2D eigenvalue weighted by Gasteiger charge is -2.38. The first kappa shape index (κ1) is 31.4. The fraction of sp³-hybridized carbons (Fsp3) is 0.0698. The molecule has 0 saturated carbocycles. The molecule has 0 N–H and O–H groups in total.